The monoisotopic (exact) mass is 262 g/mol. The molecular weight excluding hydrogens is 244 g/mol. The number of aliphatic carboxylic acids is 1. The number of hydrazone groups is 1. The van der Waals surface area contributed by atoms with Crippen LogP contribution >= 0.6 is 0 Å². The number of carboxylic acids is 1. The molecule has 0 aromatic carbocycles. The fourth-order valence-corrected chi connectivity index (χ4v) is 0.900. The molecule has 0 amide bonds. The van der Waals surface area contributed by atoms with Crippen LogP contribution in [-0.4, -0.2) is 51.9 Å². The first-order valence-corrected chi connectivity index (χ1v) is 5.43. The Morgan fingerprint density at radius 3 is 2.50 bits per heavy atom. The van der Waals surface area contributed by atoms with Crippen LogP contribution in [-0.2, 0) is 14.3 Å². The number of hydrogen-bond donors (Lipinski definition) is 4. The lowest BCUT2D eigenvalue weighted by Gasteiger charge is -2.21. The highest BCUT2D eigenvalue weighted by molar-refractivity contribution is 6.34. The van der Waals surface area contributed by atoms with Crippen molar-refractivity contribution >= 4 is 17.7 Å². The maximum Gasteiger partial charge on any atom is 0.351 e. The Morgan fingerprint density at radius 2 is 2.06 bits per heavy atom. The van der Waals surface area contributed by atoms with Crippen molar-refractivity contribution in [3.8, 4) is 0 Å². The molecule has 0 aromatic heterocycles. The van der Waals surface area contributed by atoms with Gasteiger partial charge in [0.05, 0.1) is 6.61 Å². The van der Waals surface area contributed by atoms with E-state index >= 15 is 0 Å². The van der Waals surface area contributed by atoms with Crippen LogP contribution in [0.1, 0.15) is 26.7 Å². The number of rotatable bonds is 8. The van der Waals surface area contributed by atoms with Crippen LogP contribution < -0.4 is 5.43 Å². The molecule has 0 rings (SSSR count). The van der Waals surface area contributed by atoms with E-state index in [1.807, 2.05) is 0 Å². The molecule has 4 N–H and O–H groups in total. The van der Waals surface area contributed by atoms with Gasteiger partial charge in [0.2, 0.25) is 6.23 Å². The quantitative estimate of drug-likeness (QED) is 0.192. The number of hydrogen-bond acceptors (Lipinski definition) is 7. The summed E-state index contributed by atoms with van der Waals surface area (Å²) in [4.78, 5) is 21.7. The molecule has 18 heavy (non-hydrogen) atoms. The molecule has 0 bridgehead atoms. The first kappa shape index (κ1) is 16.3. The van der Waals surface area contributed by atoms with Crippen molar-refractivity contribution in [3.05, 3.63) is 0 Å². The maximum absolute atomic E-state index is 11.2. The number of carbonyl (C=O) groups excluding carboxylic acids is 1. The highest BCUT2D eigenvalue weighted by atomic mass is 16.6. The lowest BCUT2D eigenvalue weighted by Crippen LogP contribution is -2.43. The number of nitrogens with one attached hydrogen (secondary N) is 1. The van der Waals surface area contributed by atoms with Crippen molar-refractivity contribution in [1.82, 2.24) is 5.43 Å². The second kappa shape index (κ2) is 8.43. The van der Waals surface area contributed by atoms with E-state index in [1.54, 1.807) is 6.92 Å². The molecule has 0 saturated carbocycles. The third-order valence-electron chi connectivity index (χ3n) is 1.92. The predicted molar refractivity (Wildman–Crippen MR) is 61.8 cm³/mol. The molecule has 104 valence electrons. The number of aliphatic hydroxyl groups excluding tert-OH is 2. The second-order valence-electron chi connectivity index (χ2n) is 3.54. The summed E-state index contributed by atoms with van der Waals surface area (Å²) in [5.74, 6) is -1.83. The SMILES string of the molecule is CCCC(=O)OC(NN=C(C)C(=O)O)C(O)CO. The van der Waals surface area contributed by atoms with Gasteiger partial charge in [-0.15, -0.1) is 0 Å². The van der Waals surface area contributed by atoms with Gasteiger partial charge in [-0.2, -0.15) is 5.10 Å². The minimum atomic E-state index is -1.39. The normalized spacial score (nSPS) is 14.8. The van der Waals surface area contributed by atoms with E-state index in [9.17, 15) is 14.7 Å². The molecule has 0 aliphatic rings. The molecule has 0 aliphatic carbocycles. The van der Waals surface area contributed by atoms with E-state index < -0.39 is 30.9 Å². The number of ether oxygens (including phenoxy) is 1. The highest BCUT2D eigenvalue weighted by Crippen LogP contribution is 2.00. The number of carbonyl (C=O) groups is 2. The van der Waals surface area contributed by atoms with Crippen molar-refractivity contribution in [1.29, 1.82) is 0 Å². The van der Waals surface area contributed by atoms with Crippen molar-refractivity contribution in [2.75, 3.05) is 6.61 Å². The number of esters is 1. The molecule has 0 spiro atoms. The molecule has 8 nitrogen and oxygen atoms in total. The van der Waals surface area contributed by atoms with Crippen LogP contribution in [0.5, 0.6) is 0 Å². The molecule has 0 radical (unpaired) electrons. The molecular formula is C10H18N2O6. The van der Waals surface area contributed by atoms with Gasteiger partial charge in [-0.1, -0.05) is 6.92 Å². The number of carboxylic acid groups (broad SMARTS) is 1. The van der Waals surface area contributed by atoms with Crippen LogP contribution in [0.3, 0.4) is 0 Å². The summed E-state index contributed by atoms with van der Waals surface area (Å²) in [5, 5.41) is 30.1. The molecule has 8 heteroatoms. The third-order valence-corrected chi connectivity index (χ3v) is 1.92. The molecule has 0 heterocycles. The average molecular weight is 262 g/mol. The van der Waals surface area contributed by atoms with Gasteiger partial charge >= 0.3 is 11.9 Å². The number of nitrogens with zero attached hydrogens (tertiary/aromatic N) is 1. The summed E-state index contributed by atoms with van der Waals surface area (Å²) in [6, 6.07) is 0. The fraction of sp³-hybridized carbons (Fsp3) is 0.700. The molecule has 2 atom stereocenters. The first-order valence-electron chi connectivity index (χ1n) is 5.43. The first-order chi connectivity index (χ1) is 8.42. The van der Waals surface area contributed by atoms with Crippen LogP contribution in [0.4, 0.5) is 0 Å². The van der Waals surface area contributed by atoms with Crippen LogP contribution in [0.15, 0.2) is 5.10 Å². The van der Waals surface area contributed by atoms with Crippen molar-refractivity contribution in [3.63, 3.8) is 0 Å². The van der Waals surface area contributed by atoms with Crippen LogP contribution in [0.2, 0.25) is 0 Å². The van der Waals surface area contributed by atoms with E-state index in [4.69, 9.17) is 14.9 Å². The fourth-order valence-electron chi connectivity index (χ4n) is 0.900. The Labute approximate surface area is 104 Å². The van der Waals surface area contributed by atoms with Crippen LogP contribution in [0.25, 0.3) is 0 Å². The van der Waals surface area contributed by atoms with E-state index in [0.717, 1.165) is 0 Å². The standard InChI is InChI=1S/C10H18N2O6/c1-3-4-8(15)18-9(7(14)5-13)12-11-6(2)10(16)17/h7,9,12-14H,3-5H2,1-2H3,(H,16,17). The zero-order valence-electron chi connectivity index (χ0n) is 10.3. The Balaban J connectivity index is 4.55. The van der Waals surface area contributed by atoms with Gasteiger partial charge in [0.25, 0.3) is 0 Å². The zero-order chi connectivity index (χ0) is 14.1. The van der Waals surface area contributed by atoms with Gasteiger partial charge < -0.3 is 20.1 Å². The Kier molecular flexibility index (Phi) is 7.64. The smallest absolute Gasteiger partial charge is 0.351 e. The van der Waals surface area contributed by atoms with Crippen molar-refractivity contribution in [2.24, 2.45) is 5.10 Å². The highest BCUT2D eigenvalue weighted by Gasteiger charge is 2.22. The predicted octanol–water partition coefficient (Wildman–Crippen LogP) is -0.941. The van der Waals surface area contributed by atoms with E-state index in [0.29, 0.717) is 6.42 Å². The molecule has 0 fully saturated rings. The minimum absolute atomic E-state index is 0.151. The topological polar surface area (TPSA) is 128 Å². The van der Waals surface area contributed by atoms with Gasteiger partial charge in [-0.05, 0) is 13.3 Å². The lowest BCUT2D eigenvalue weighted by atomic mass is 10.3. The van der Waals surface area contributed by atoms with Crippen molar-refractivity contribution < 1.29 is 29.6 Å². The molecule has 0 saturated heterocycles. The third kappa shape index (κ3) is 6.16. The Morgan fingerprint density at radius 1 is 1.44 bits per heavy atom. The van der Waals surface area contributed by atoms with Gasteiger partial charge in [0.1, 0.15) is 11.8 Å². The van der Waals surface area contributed by atoms with E-state index in [2.05, 4.69) is 10.5 Å². The van der Waals surface area contributed by atoms with Crippen molar-refractivity contribution in [2.45, 2.75) is 39.0 Å². The zero-order valence-corrected chi connectivity index (χ0v) is 10.3. The maximum atomic E-state index is 11.2. The summed E-state index contributed by atoms with van der Waals surface area (Å²) < 4.78 is 4.81. The van der Waals surface area contributed by atoms with Crippen LogP contribution in [0, 0.1) is 0 Å². The Hall–Kier alpha value is -1.67. The van der Waals surface area contributed by atoms with Gasteiger partial charge in [-0.25, -0.2) is 4.79 Å². The number of aliphatic hydroxyl groups is 2. The van der Waals surface area contributed by atoms with E-state index in [-0.39, 0.29) is 12.1 Å². The summed E-state index contributed by atoms with van der Waals surface area (Å²) in [5.41, 5.74) is 1.93. The van der Waals surface area contributed by atoms with Gasteiger partial charge in [-0.3, -0.25) is 10.2 Å². The summed E-state index contributed by atoms with van der Waals surface area (Å²) in [6.07, 6.45) is -1.96. The van der Waals surface area contributed by atoms with E-state index in [1.165, 1.54) is 6.92 Å². The van der Waals surface area contributed by atoms with Gasteiger partial charge in [0, 0.05) is 6.42 Å². The average Bonchev–Trinajstić information content (AvgIpc) is 2.33. The molecule has 0 aromatic rings. The minimum Gasteiger partial charge on any atom is -0.477 e. The molecule has 0 aliphatic heterocycles. The summed E-state index contributed by atoms with van der Waals surface area (Å²) >= 11 is 0. The summed E-state index contributed by atoms with van der Waals surface area (Å²) in [6.45, 7) is 2.35. The lowest BCUT2D eigenvalue weighted by molar-refractivity contribution is -0.159. The largest absolute Gasteiger partial charge is 0.477 e. The Bertz CT molecular complexity index is 317. The van der Waals surface area contributed by atoms with Gasteiger partial charge in [0.15, 0.2) is 0 Å². The summed E-state index contributed by atoms with van der Waals surface area (Å²) in [7, 11) is 0. The second-order valence-corrected chi connectivity index (χ2v) is 3.54. The molecule has 2 unspecified atom stereocenters.